The highest BCUT2D eigenvalue weighted by Crippen LogP contribution is 2.41. The summed E-state index contributed by atoms with van der Waals surface area (Å²) in [6.07, 6.45) is 4.92. The van der Waals surface area contributed by atoms with Gasteiger partial charge in [-0.1, -0.05) is 23.7 Å². The predicted octanol–water partition coefficient (Wildman–Crippen LogP) is 3.33. The average molecular weight is 207 g/mol. The van der Waals surface area contributed by atoms with Gasteiger partial charge in [0.1, 0.15) is 6.29 Å². The maximum Gasteiger partial charge on any atom is 0.143 e. The Balaban J connectivity index is 2.30. The van der Waals surface area contributed by atoms with Crippen molar-refractivity contribution < 1.29 is 4.79 Å². The normalized spacial score (nSPS) is 16.8. The van der Waals surface area contributed by atoms with Crippen LogP contribution in [0.1, 0.15) is 18.4 Å². The fourth-order valence-electron chi connectivity index (χ4n) is 1.58. The van der Waals surface area contributed by atoms with Gasteiger partial charge in [0.15, 0.2) is 0 Å². The second-order valence-electron chi connectivity index (χ2n) is 3.54. The molecule has 0 aliphatic heterocycles. The third kappa shape index (κ3) is 2.05. The molecule has 1 nitrogen and oxygen atoms in total. The van der Waals surface area contributed by atoms with Crippen molar-refractivity contribution in [3.8, 4) is 0 Å². The maximum atomic E-state index is 10.5. The fraction of sp³-hybridized carbons (Fsp3) is 0.250. The van der Waals surface area contributed by atoms with E-state index in [-0.39, 0.29) is 0 Å². The first kappa shape index (κ1) is 9.47. The third-order valence-corrected chi connectivity index (χ3v) is 2.69. The van der Waals surface area contributed by atoms with E-state index in [1.807, 2.05) is 24.3 Å². The number of aldehydes is 1. The molecule has 0 unspecified atom stereocenters. The zero-order valence-electron chi connectivity index (χ0n) is 7.74. The van der Waals surface area contributed by atoms with E-state index < -0.39 is 0 Å². The second kappa shape index (κ2) is 3.97. The number of carbonyl (C=O) groups excluding carboxylic acids is 1. The number of allylic oxidation sites excluding steroid dienone is 2. The summed E-state index contributed by atoms with van der Waals surface area (Å²) < 4.78 is 0. The molecular formula is C12H11ClO. The molecule has 0 saturated heterocycles. The minimum atomic E-state index is 0.585. The quantitative estimate of drug-likeness (QED) is 0.548. The summed E-state index contributed by atoms with van der Waals surface area (Å²) >= 11 is 5.80. The molecular weight excluding hydrogens is 196 g/mol. The number of hydrogen-bond acceptors (Lipinski definition) is 1. The third-order valence-electron chi connectivity index (χ3n) is 2.44. The Hall–Kier alpha value is -1.08. The number of benzene rings is 1. The molecule has 0 radical (unpaired) electrons. The Labute approximate surface area is 88.4 Å². The lowest BCUT2D eigenvalue weighted by molar-refractivity contribution is -0.104. The lowest BCUT2D eigenvalue weighted by atomic mass is 10.0. The lowest BCUT2D eigenvalue weighted by Gasteiger charge is -2.04. The van der Waals surface area contributed by atoms with Gasteiger partial charge in [-0.15, -0.1) is 0 Å². The summed E-state index contributed by atoms with van der Waals surface area (Å²) in [5.74, 6) is 0.585. The minimum absolute atomic E-state index is 0.585. The number of carbonyl (C=O) groups is 1. The summed E-state index contributed by atoms with van der Waals surface area (Å²) in [7, 11) is 0. The molecule has 0 bridgehead atoms. The van der Waals surface area contributed by atoms with Crippen molar-refractivity contribution in [2.45, 2.75) is 12.8 Å². The highest BCUT2D eigenvalue weighted by Gasteiger charge is 2.26. The van der Waals surface area contributed by atoms with E-state index in [1.165, 1.54) is 12.8 Å². The van der Waals surface area contributed by atoms with Crippen LogP contribution in [-0.2, 0) is 4.79 Å². The standard InChI is InChI=1S/C12H11ClO/c13-11-5-3-10(4-6-11)12(7-8-14)9-1-2-9/h3-9H,1-2H2. The van der Waals surface area contributed by atoms with Crippen LogP contribution in [0.4, 0.5) is 0 Å². The van der Waals surface area contributed by atoms with E-state index in [4.69, 9.17) is 11.6 Å². The molecule has 0 N–H and O–H groups in total. The van der Waals surface area contributed by atoms with Gasteiger partial charge in [-0.2, -0.15) is 0 Å². The summed E-state index contributed by atoms with van der Waals surface area (Å²) in [5, 5.41) is 0.731. The van der Waals surface area contributed by atoms with Crippen molar-refractivity contribution in [3.05, 3.63) is 40.9 Å². The van der Waals surface area contributed by atoms with Crippen molar-refractivity contribution >= 4 is 23.5 Å². The van der Waals surface area contributed by atoms with Gasteiger partial charge in [-0.25, -0.2) is 0 Å². The Kier molecular flexibility index (Phi) is 2.69. The van der Waals surface area contributed by atoms with Crippen LogP contribution in [0.5, 0.6) is 0 Å². The van der Waals surface area contributed by atoms with Crippen LogP contribution in [-0.4, -0.2) is 6.29 Å². The molecule has 0 aromatic heterocycles. The van der Waals surface area contributed by atoms with E-state index in [2.05, 4.69) is 0 Å². The molecule has 2 rings (SSSR count). The maximum absolute atomic E-state index is 10.5. The molecule has 0 amide bonds. The van der Waals surface area contributed by atoms with Gasteiger partial charge in [-0.3, -0.25) is 4.79 Å². The molecule has 14 heavy (non-hydrogen) atoms. The van der Waals surface area contributed by atoms with Crippen LogP contribution in [0.15, 0.2) is 30.3 Å². The highest BCUT2D eigenvalue weighted by molar-refractivity contribution is 6.30. The van der Waals surface area contributed by atoms with Gasteiger partial charge in [0, 0.05) is 5.02 Å². The molecule has 1 aromatic carbocycles. The zero-order chi connectivity index (χ0) is 9.97. The monoisotopic (exact) mass is 206 g/mol. The first-order chi connectivity index (χ1) is 6.81. The summed E-state index contributed by atoms with van der Waals surface area (Å²) in [5.41, 5.74) is 2.26. The highest BCUT2D eigenvalue weighted by atomic mass is 35.5. The first-order valence-electron chi connectivity index (χ1n) is 4.72. The summed E-state index contributed by atoms with van der Waals surface area (Å²) in [6, 6.07) is 7.65. The predicted molar refractivity (Wildman–Crippen MR) is 58.2 cm³/mol. The summed E-state index contributed by atoms with van der Waals surface area (Å²) in [4.78, 5) is 10.5. The fourth-order valence-corrected chi connectivity index (χ4v) is 1.70. The van der Waals surface area contributed by atoms with Crippen molar-refractivity contribution in [1.29, 1.82) is 0 Å². The number of halogens is 1. The van der Waals surface area contributed by atoms with Gasteiger partial charge < -0.3 is 0 Å². The van der Waals surface area contributed by atoms with Gasteiger partial charge in [0.2, 0.25) is 0 Å². The average Bonchev–Trinajstić information content (AvgIpc) is 2.99. The minimum Gasteiger partial charge on any atom is -0.299 e. The van der Waals surface area contributed by atoms with Crippen molar-refractivity contribution in [1.82, 2.24) is 0 Å². The van der Waals surface area contributed by atoms with Crippen LogP contribution in [0, 0.1) is 5.92 Å². The zero-order valence-corrected chi connectivity index (χ0v) is 8.50. The largest absolute Gasteiger partial charge is 0.299 e. The first-order valence-corrected chi connectivity index (χ1v) is 5.10. The Bertz CT molecular complexity index is 360. The second-order valence-corrected chi connectivity index (χ2v) is 3.98. The molecule has 0 spiro atoms. The van der Waals surface area contributed by atoms with Crippen LogP contribution in [0.2, 0.25) is 5.02 Å². The van der Waals surface area contributed by atoms with E-state index in [9.17, 15) is 4.79 Å². The smallest absolute Gasteiger partial charge is 0.143 e. The Morgan fingerprint density at radius 3 is 2.43 bits per heavy atom. The Morgan fingerprint density at radius 1 is 1.29 bits per heavy atom. The molecule has 2 heteroatoms. The molecule has 0 heterocycles. The number of hydrogen-bond donors (Lipinski definition) is 0. The summed E-state index contributed by atoms with van der Waals surface area (Å²) in [6.45, 7) is 0. The molecule has 1 aliphatic rings. The van der Waals surface area contributed by atoms with Crippen molar-refractivity contribution in [2.75, 3.05) is 0 Å². The van der Waals surface area contributed by atoms with Crippen molar-refractivity contribution in [3.63, 3.8) is 0 Å². The van der Waals surface area contributed by atoms with Crippen LogP contribution in [0.3, 0.4) is 0 Å². The molecule has 1 fully saturated rings. The van der Waals surface area contributed by atoms with Gasteiger partial charge in [0.25, 0.3) is 0 Å². The topological polar surface area (TPSA) is 17.1 Å². The van der Waals surface area contributed by atoms with E-state index in [0.29, 0.717) is 5.92 Å². The van der Waals surface area contributed by atoms with Crippen molar-refractivity contribution in [2.24, 2.45) is 5.92 Å². The van der Waals surface area contributed by atoms with E-state index >= 15 is 0 Å². The van der Waals surface area contributed by atoms with E-state index in [0.717, 1.165) is 22.4 Å². The molecule has 72 valence electrons. The molecule has 1 saturated carbocycles. The van der Waals surface area contributed by atoms with E-state index in [1.54, 1.807) is 6.08 Å². The molecule has 0 atom stereocenters. The Morgan fingerprint density at radius 2 is 1.93 bits per heavy atom. The SMILES string of the molecule is O=CC=C(c1ccc(Cl)cc1)C1CC1. The lowest BCUT2D eigenvalue weighted by Crippen LogP contribution is -1.87. The molecule has 1 aliphatic carbocycles. The molecule has 1 aromatic rings. The van der Waals surface area contributed by atoms with Crippen LogP contribution < -0.4 is 0 Å². The van der Waals surface area contributed by atoms with Gasteiger partial charge >= 0.3 is 0 Å². The van der Waals surface area contributed by atoms with Gasteiger partial charge in [0.05, 0.1) is 0 Å². The number of rotatable bonds is 3. The van der Waals surface area contributed by atoms with Crippen LogP contribution >= 0.6 is 11.6 Å². The van der Waals surface area contributed by atoms with Gasteiger partial charge in [-0.05, 0) is 48.1 Å². The van der Waals surface area contributed by atoms with Crippen LogP contribution in [0.25, 0.3) is 5.57 Å².